The van der Waals surface area contributed by atoms with Gasteiger partial charge in [0, 0.05) is 30.3 Å². The maximum absolute atomic E-state index is 9.59. The van der Waals surface area contributed by atoms with E-state index in [-0.39, 0.29) is 22.7 Å². The Morgan fingerprint density at radius 3 is 2.38 bits per heavy atom. The number of halogens is 2. The molecular formula is C17H19Br2N2O3+. The van der Waals surface area contributed by atoms with Crippen LogP contribution in [0, 0.1) is 0 Å². The maximum atomic E-state index is 9.59. The van der Waals surface area contributed by atoms with E-state index < -0.39 is 0 Å². The first kappa shape index (κ1) is 20.2. The van der Waals surface area contributed by atoms with E-state index in [4.69, 9.17) is 9.47 Å². The third kappa shape index (κ3) is 4.83. The van der Waals surface area contributed by atoms with Gasteiger partial charge >= 0.3 is 0 Å². The molecule has 24 heavy (non-hydrogen) atoms. The Morgan fingerprint density at radius 2 is 1.71 bits per heavy atom. The predicted octanol–water partition coefficient (Wildman–Crippen LogP) is -0.525. The van der Waals surface area contributed by atoms with Crippen molar-refractivity contribution in [2.45, 2.75) is 0 Å². The molecule has 5 nitrogen and oxygen atoms in total. The summed E-state index contributed by atoms with van der Waals surface area (Å²) in [5.74, 6) is 1.73. The van der Waals surface area contributed by atoms with E-state index in [0.29, 0.717) is 4.47 Å². The Balaban J connectivity index is 0.000000232. The van der Waals surface area contributed by atoms with Gasteiger partial charge in [-0.05, 0) is 28.1 Å². The van der Waals surface area contributed by atoms with Crippen molar-refractivity contribution in [2.75, 3.05) is 14.2 Å². The van der Waals surface area contributed by atoms with Crippen molar-refractivity contribution in [3.63, 3.8) is 0 Å². The second-order valence-electron chi connectivity index (χ2n) is 4.69. The van der Waals surface area contributed by atoms with Crippen molar-refractivity contribution in [3.8, 4) is 17.2 Å². The number of quaternary nitrogens is 1. The van der Waals surface area contributed by atoms with E-state index in [1.54, 1.807) is 14.2 Å². The van der Waals surface area contributed by atoms with E-state index in [9.17, 15) is 5.11 Å². The summed E-state index contributed by atoms with van der Waals surface area (Å²) in [6, 6.07) is 13.0. The number of hydrogen-bond donors (Lipinski definition) is 2. The van der Waals surface area contributed by atoms with Gasteiger partial charge in [-0.3, -0.25) is 0 Å². The van der Waals surface area contributed by atoms with Crippen molar-refractivity contribution in [1.29, 1.82) is 0 Å². The van der Waals surface area contributed by atoms with Crippen LogP contribution in [-0.4, -0.2) is 19.3 Å². The van der Waals surface area contributed by atoms with Gasteiger partial charge in [0.2, 0.25) is 5.75 Å². The number of fused-ring (bicyclic) bond motifs is 1. The Hall–Kier alpha value is -1.83. The Morgan fingerprint density at radius 1 is 1.00 bits per heavy atom. The largest absolute Gasteiger partial charge is 1.00 e. The fourth-order valence-electron chi connectivity index (χ4n) is 2.01. The highest BCUT2D eigenvalue weighted by molar-refractivity contribution is 9.10. The van der Waals surface area contributed by atoms with Gasteiger partial charge in [0.25, 0.3) is 5.52 Å². The smallest absolute Gasteiger partial charge is 0.253 e. The summed E-state index contributed by atoms with van der Waals surface area (Å²) < 4.78 is 12.7. The van der Waals surface area contributed by atoms with Crippen molar-refractivity contribution in [3.05, 3.63) is 59.3 Å². The molecule has 4 N–H and O–H groups in total. The average molecular weight is 459 g/mol. The lowest BCUT2D eigenvalue weighted by Crippen LogP contribution is -3.00. The molecule has 3 rings (SSSR count). The SMILES string of the molecule is COc1ccc([NH3+])cc1OC.Oc1c(Br)cc[n+]2ccccc12.[Br-]. The lowest BCUT2D eigenvalue weighted by atomic mass is 10.3. The standard InChI is InChI=1S/C9H6BrNO.C8H11NO2.BrH/c10-7-4-6-11-5-2-1-3-8(11)9(7)12;1-10-7-4-3-6(9)5-8(7)11-2;/h1-6H;3-5H,9H2,1-2H3;1H/p+1. The number of rotatable bonds is 2. The molecule has 0 spiro atoms. The molecule has 3 aromatic rings. The molecule has 2 aromatic heterocycles. The van der Waals surface area contributed by atoms with Crippen molar-refractivity contribution in [1.82, 2.24) is 0 Å². The molecule has 0 aliphatic rings. The Labute approximate surface area is 159 Å². The molecule has 0 aliphatic carbocycles. The van der Waals surface area contributed by atoms with Gasteiger partial charge in [0.15, 0.2) is 23.9 Å². The van der Waals surface area contributed by atoms with Crippen molar-refractivity contribution < 1.29 is 41.7 Å². The lowest BCUT2D eigenvalue weighted by Gasteiger charge is -2.05. The molecule has 0 saturated heterocycles. The zero-order chi connectivity index (χ0) is 16.8. The first-order valence-corrected chi connectivity index (χ1v) is 7.67. The number of nitrogens with zero attached hydrogens (tertiary/aromatic N) is 1. The highest BCUT2D eigenvalue weighted by Gasteiger charge is 2.09. The van der Waals surface area contributed by atoms with Crippen molar-refractivity contribution >= 4 is 27.1 Å². The number of aromatic nitrogens is 1. The topological polar surface area (TPSA) is 70.4 Å². The average Bonchev–Trinajstić information content (AvgIpc) is 2.59. The van der Waals surface area contributed by atoms with Gasteiger partial charge in [0.05, 0.1) is 18.7 Å². The van der Waals surface area contributed by atoms with E-state index >= 15 is 0 Å². The number of pyridine rings is 2. The van der Waals surface area contributed by atoms with Crippen LogP contribution >= 0.6 is 15.9 Å². The van der Waals surface area contributed by atoms with Crippen molar-refractivity contribution in [2.24, 2.45) is 0 Å². The third-order valence-corrected chi connectivity index (χ3v) is 3.83. The van der Waals surface area contributed by atoms with Crippen LogP contribution in [-0.2, 0) is 0 Å². The molecule has 0 aliphatic heterocycles. The van der Waals surface area contributed by atoms with E-state index in [0.717, 1.165) is 22.7 Å². The first-order chi connectivity index (χ1) is 11.1. The zero-order valence-electron chi connectivity index (χ0n) is 13.4. The monoisotopic (exact) mass is 457 g/mol. The van der Waals surface area contributed by atoms with Crippen LogP contribution in [0.5, 0.6) is 17.2 Å². The number of aromatic hydroxyl groups is 1. The van der Waals surface area contributed by atoms with Gasteiger partial charge in [-0.25, -0.2) is 0 Å². The zero-order valence-corrected chi connectivity index (χ0v) is 16.5. The second-order valence-corrected chi connectivity index (χ2v) is 5.55. The number of hydrogen-bond acceptors (Lipinski definition) is 3. The van der Waals surface area contributed by atoms with E-state index in [1.807, 2.05) is 59.3 Å². The molecule has 0 saturated carbocycles. The molecule has 128 valence electrons. The minimum absolute atomic E-state index is 0. The van der Waals surface area contributed by atoms with Gasteiger partial charge in [-0.2, -0.15) is 4.40 Å². The molecule has 1 aromatic carbocycles. The van der Waals surface area contributed by atoms with Crippen LogP contribution < -0.4 is 36.6 Å². The highest BCUT2D eigenvalue weighted by atomic mass is 79.9. The minimum atomic E-state index is 0. The molecule has 2 heterocycles. The quantitative estimate of drug-likeness (QED) is 0.507. The Bertz CT molecular complexity index is 813. The summed E-state index contributed by atoms with van der Waals surface area (Å²) >= 11 is 3.25. The van der Waals surface area contributed by atoms with Gasteiger partial charge in [0.1, 0.15) is 5.69 Å². The van der Waals surface area contributed by atoms with Crippen LogP contribution in [0.2, 0.25) is 0 Å². The van der Waals surface area contributed by atoms with Crippen LogP contribution in [0.15, 0.2) is 59.3 Å². The van der Waals surface area contributed by atoms with Gasteiger partial charge < -0.3 is 37.3 Å². The molecule has 0 fully saturated rings. The molecule has 7 heteroatoms. The summed E-state index contributed by atoms with van der Waals surface area (Å²) in [5.41, 5.74) is 5.49. The molecule has 0 atom stereocenters. The lowest BCUT2D eigenvalue weighted by molar-refractivity contribution is -0.512. The maximum Gasteiger partial charge on any atom is 0.253 e. The van der Waals surface area contributed by atoms with Crippen LogP contribution in [0.25, 0.3) is 5.52 Å². The number of benzene rings is 1. The molecule has 0 unspecified atom stereocenters. The fourth-order valence-corrected chi connectivity index (χ4v) is 2.34. The normalized spacial score (nSPS) is 9.50. The summed E-state index contributed by atoms with van der Waals surface area (Å²) in [6.07, 6.45) is 3.78. The number of ether oxygens (including phenoxy) is 2. The second kappa shape index (κ2) is 9.46. The van der Waals surface area contributed by atoms with Crippen LogP contribution in [0.1, 0.15) is 0 Å². The summed E-state index contributed by atoms with van der Waals surface area (Å²) in [5, 5.41) is 9.59. The summed E-state index contributed by atoms with van der Waals surface area (Å²) in [4.78, 5) is 0. The van der Waals surface area contributed by atoms with E-state index in [1.165, 1.54) is 0 Å². The third-order valence-electron chi connectivity index (χ3n) is 3.19. The Kier molecular flexibility index (Phi) is 7.97. The molecule has 0 amide bonds. The van der Waals surface area contributed by atoms with Crippen LogP contribution in [0.4, 0.5) is 5.69 Å². The minimum Gasteiger partial charge on any atom is -1.00 e. The van der Waals surface area contributed by atoms with Crippen LogP contribution in [0.3, 0.4) is 0 Å². The summed E-state index contributed by atoms with van der Waals surface area (Å²) in [7, 11) is 3.22. The predicted molar refractivity (Wildman–Crippen MR) is 91.1 cm³/mol. The summed E-state index contributed by atoms with van der Waals surface area (Å²) in [6.45, 7) is 0. The molecular weight excluding hydrogens is 440 g/mol. The fraction of sp³-hybridized carbons (Fsp3) is 0.118. The van der Waals surface area contributed by atoms with Gasteiger partial charge in [-0.15, -0.1) is 0 Å². The molecule has 0 bridgehead atoms. The molecule has 0 radical (unpaired) electrons. The number of methoxy groups -OCH3 is 2. The van der Waals surface area contributed by atoms with E-state index in [2.05, 4.69) is 21.7 Å². The first-order valence-electron chi connectivity index (χ1n) is 6.88. The highest BCUT2D eigenvalue weighted by Crippen LogP contribution is 2.27. The van der Waals surface area contributed by atoms with Gasteiger partial charge in [-0.1, -0.05) is 0 Å².